The highest BCUT2D eigenvalue weighted by Crippen LogP contribution is 2.34. The molecule has 1 atom stereocenters. The van der Waals surface area contributed by atoms with E-state index in [4.69, 9.17) is 10.5 Å². The van der Waals surface area contributed by atoms with Gasteiger partial charge in [0.25, 0.3) is 0 Å². The van der Waals surface area contributed by atoms with Crippen molar-refractivity contribution in [2.45, 2.75) is 23.5 Å². The van der Waals surface area contributed by atoms with Gasteiger partial charge in [-0.3, -0.25) is 14.4 Å². The summed E-state index contributed by atoms with van der Waals surface area (Å²) in [5, 5.41) is -0.484. The predicted octanol–water partition coefficient (Wildman–Crippen LogP) is 2.62. The first-order chi connectivity index (χ1) is 11.9. The van der Waals surface area contributed by atoms with E-state index in [2.05, 4.69) is 0 Å². The van der Waals surface area contributed by atoms with Crippen molar-refractivity contribution in [1.29, 1.82) is 0 Å². The van der Waals surface area contributed by atoms with Crippen LogP contribution in [0.3, 0.4) is 0 Å². The van der Waals surface area contributed by atoms with Crippen LogP contribution in [0.2, 0.25) is 0 Å². The van der Waals surface area contributed by atoms with Gasteiger partial charge in [0.1, 0.15) is 5.75 Å². The zero-order chi connectivity index (χ0) is 18.0. The minimum absolute atomic E-state index is 0.129. The van der Waals surface area contributed by atoms with Gasteiger partial charge < -0.3 is 10.5 Å². The molecule has 0 unspecified atom stereocenters. The number of thioether (sulfide) groups is 1. The summed E-state index contributed by atoms with van der Waals surface area (Å²) >= 11 is 1.33. The Balaban J connectivity index is 1.76. The molecule has 1 aliphatic rings. The average Bonchev–Trinajstić information content (AvgIpc) is 2.82. The summed E-state index contributed by atoms with van der Waals surface area (Å²) in [4.78, 5) is 37.9. The highest BCUT2D eigenvalue weighted by molar-refractivity contribution is 8.00. The zero-order valence-electron chi connectivity index (χ0n) is 13.5. The molecule has 1 heterocycles. The molecule has 25 heavy (non-hydrogen) atoms. The summed E-state index contributed by atoms with van der Waals surface area (Å²) in [5.74, 6) is -0.593. The molecule has 2 N–H and O–H groups in total. The number of nitrogens with zero attached hydrogens (tertiary/aromatic N) is 1. The molecule has 7 heteroatoms. The minimum atomic E-state index is -0.484. The van der Waals surface area contributed by atoms with E-state index in [0.29, 0.717) is 17.1 Å². The standard InChI is InChI=1S/C18H16N2O4S/c1-11(21)24-14-7-5-13(6-8-14)20-17(22)10-16(18(20)23)25-15-4-2-3-12(19)9-15/h2-9,16H,10,19H2,1H3/t16-/m1/s1. The fraction of sp³-hybridized carbons (Fsp3) is 0.167. The van der Waals surface area contributed by atoms with Gasteiger partial charge in [0, 0.05) is 23.9 Å². The van der Waals surface area contributed by atoms with E-state index in [9.17, 15) is 14.4 Å². The Morgan fingerprint density at radius 2 is 1.92 bits per heavy atom. The van der Waals surface area contributed by atoms with Gasteiger partial charge in [0.15, 0.2) is 0 Å². The maximum atomic E-state index is 12.6. The number of nitrogen functional groups attached to an aromatic ring is 1. The Morgan fingerprint density at radius 1 is 1.20 bits per heavy atom. The molecule has 0 spiro atoms. The average molecular weight is 356 g/mol. The SMILES string of the molecule is CC(=O)Oc1ccc(N2C(=O)C[C@@H](Sc3cccc(N)c3)C2=O)cc1. The van der Waals surface area contributed by atoms with Crippen LogP contribution in [0.15, 0.2) is 53.4 Å². The number of hydrogen-bond donors (Lipinski definition) is 1. The number of imide groups is 1. The largest absolute Gasteiger partial charge is 0.427 e. The molecule has 2 aromatic rings. The van der Waals surface area contributed by atoms with Crippen molar-refractivity contribution in [3.8, 4) is 5.75 Å². The third-order valence-corrected chi connectivity index (χ3v) is 4.78. The van der Waals surface area contributed by atoms with Crippen molar-refractivity contribution in [3.05, 3.63) is 48.5 Å². The third kappa shape index (κ3) is 3.83. The van der Waals surface area contributed by atoms with Crippen LogP contribution in [-0.4, -0.2) is 23.0 Å². The highest BCUT2D eigenvalue weighted by Gasteiger charge is 2.40. The van der Waals surface area contributed by atoms with Crippen molar-refractivity contribution in [1.82, 2.24) is 0 Å². The number of carbonyl (C=O) groups is 3. The predicted molar refractivity (Wildman–Crippen MR) is 95.4 cm³/mol. The summed E-state index contributed by atoms with van der Waals surface area (Å²) in [5.41, 5.74) is 6.82. The molecule has 1 saturated heterocycles. The van der Waals surface area contributed by atoms with Gasteiger partial charge in [0.05, 0.1) is 10.9 Å². The molecule has 0 aromatic heterocycles. The van der Waals surface area contributed by atoms with Crippen molar-refractivity contribution in [3.63, 3.8) is 0 Å². The van der Waals surface area contributed by atoms with Crippen LogP contribution in [0.25, 0.3) is 0 Å². The van der Waals surface area contributed by atoms with E-state index < -0.39 is 11.2 Å². The second-order valence-electron chi connectivity index (χ2n) is 5.54. The third-order valence-electron chi connectivity index (χ3n) is 3.60. The Morgan fingerprint density at radius 3 is 2.56 bits per heavy atom. The van der Waals surface area contributed by atoms with Gasteiger partial charge >= 0.3 is 5.97 Å². The normalized spacial score (nSPS) is 17.0. The molecule has 2 amide bonds. The Hall–Kier alpha value is -2.80. The minimum Gasteiger partial charge on any atom is -0.427 e. The molecule has 0 bridgehead atoms. The van der Waals surface area contributed by atoms with Crippen molar-refractivity contribution < 1.29 is 19.1 Å². The number of benzene rings is 2. The molecule has 3 rings (SSSR count). The monoisotopic (exact) mass is 356 g/mol. The number of carbonyl (C=O) groups excluding carboxylic acids is 3. The highest BCUT2D eigenvalue weighted by atomic mass is 32.2. The molecular weight excluding hydrogens is 340 g/mol. The lowest BCUT2D eigenvalue weighted by Crippen LogP contribution is -2.31. The van der Waals surface area contributed by atoms with Crippen molar-refractivity contribution >= 4 is 40.9 Å². The smallest absolute Gasteiger partial charge is 0.308 e. The lowest BCUT2D eigenvalue weighted by molar-refractivity contribution is -0.132. The van der Waals surface area contributed by atoms with E-state index >= 15 is 0 Å². The molecule has 1 fully saturated rings. The number of anilines is 2. The van der Waals surface area contributed by atoms with Crippen molar-refractivity contribution in [2.75, 3.05) is 10.6 Å². The quantitative estimate of drug-likeness (QED) is 0.392. The molecular formula is C18H16N2O4S. The van der Waals surface area contributed by atoms with Gasteiger partial charge in [-0.05, 0) is 42.5 Å². The van der Waals surface area contributed by atoms with Gasteiger partial charge in [-0.25, -0.2) is 4.90 Å². The zero-order valence-corrected chi connectivity index (χ0v) is 14.3. The topological polar surface area (TPSA) is 89.7 Å². The Kier molecular flexibility index (Phi) is 4.76. The maximum absolute atomic E-state index is 12.6. The number of ether oxygens (including phenoxy) is 1. The van der Waals surface area contributed by atoms with Gasteiger partial charge in [-0.15, -0.1) is 11.8 Å². The summed E-state index contributed by atoms with van der Waals surface area (Å²) in [6, 6.07) is 13.5. The molecule has 1 aliphatic heterocycles. The molecule has 0 aliphatic carbocycles. The maximum Gasteiger partial charge on any atom is 0.308 e. The molecule has 0 radical (unpaired) electrons. The van der Waals surface area contributed by atoms with Crippen LogP contribution in [0.5, 0.6) is 5.75 Å². The first kappa shape index (κ1) is 17.0. The van der Waals surface area contributed by atoms with E-state index in [-0.39, 0.29) is 18.2 Å². The van der Waals surface area contributed by atoms with Gasteiger partial charge in [0.2, 0.25) is 11.8 Å². The van der Waals surface area contributed by atoms with E-state index in [1.807, 2.05) is 12.1 Å². The molecule has 6 nitrogen and oxygen atoms in total. The fourth-order valence-corrected chi connectivity index (χ4v) is 3.67. The van der Waals surface area contributed by atoms with Crippen LogP contribution in [0.4, 0.5) is 11.4 Å². The lowest BCUT2D eigenvalue weighted by Gasteiger charge is -2.15. The first-order valence-electron chi connectivity index (χ1n) is 7.61. The van der Waals surface area contributed by atoms with Gasteiger partial charge in [-0.2, -0.15) is 0 Å². The van der Waals surface area contributed by atoms with Gasteiger partial charge in [-0.1, -0.05) is 6.07 Å². The fourth-order valence-electron chi connectivity index (χ4n) is 2.55. The van der Waals surface area contributed by atoms with E-state index in [1.165, 1.54) is 23.6 Å². The first-order valence-corrected chi connectivity index (χ1v) is 8.49. The number of amides is 2. The number of esters is 1. The van der Waals surface area contributed by atoms with E-state index in [1.54, 1.807) is 36.4 Å². The molecule has 0 saturated carbocycles. The Bertz CT molecular complexity index is 835. The number of nitrogens with two attached hydrogens (primary N) is 1. The van der Waals surface area contributed by atoms with E-state index in [0.717, 1.165) is 4.90 Å². The summed E-state index contributed by atoms with van der Waals surface area (Å²) < 4.78 is 4.95. The van der Waals surface area contributed by atoms with Crippen LogP contribution in [-0.2, 0) is 14.4 Å². The Labute approximate surface area is 148 Å². The van der Waals surface area contributed by atoms with Crippen LogP contribution < -0.4 is 15.4 Å². The summed E-state index contributed by atoms with van der Waals surface area (Å²) in [6.07, 6.45) is 0.129. The van der Waals surface area contributed by atoms with Crippen LogP contribution in [0.1, 0.15) is 13.3 Å². The summed E-state index contributed by atoms with van der Waals surface area (Å²) in [7, 11) is 0. The second kappa shape index (κ2) is 6.98. The van der Waals surface area contributed by atoms with Crippen molar-refractivity contribution in [2.24, 2.45) is 0 Å². The lowest BCUT2D eigenvalue weighted by atomic mass is 10.3. The molecule has 2 aromatic carbocycles. The number of rotatable bonds is 4. The molecule has 128 valence electrons. The number of hydrogen-bond acceptors (Lipinski definition) is 6. The van der Waals surface area contributed by atoms with Crippen LogP contribution in [0, 0.1) is 0 Å². The summed E-state index contributed by atoms with van der Waals surface area (Å²) in [6.45, 7) is 1.31. The second-order valence-corrected chi connectivity index (χ2v) is 6.81. The van der Waals surface area contributed by atoms with Crippen LogP contribution >= 0.6 is 11.8 Å².